The van der Waals surface area contributed by atoms with E-state index in [1.165, 1.54) is 22.5 Å². The van der Waals surface area contributed by atoms with Gasteiger partial charge >= 0.3 is 5.97 Å². The Labute approximate surface area is 203 Å². The van der Waals surface area contributed by atoms with E-state index in [0.29, 0.717) is 11.5 Å². The molecule has 0 bridgehead atoms. The molecule has 0 aliphatic carbocycles. The largest absolute Gasteiger partial charge is 0.488 e. The van der Waals surface area contributed by atoms with Crippen LogP contribution in [0, 0.1) is 6.92 Å². The minimum atomic E-state index is -0.920. The van der Waals surface area contributed by atoms with Gasteiger partial charge in [-0.1, -0.05) is 35.9 Å². The van der Waals surface area contributed by atoms with Gasteiger partial charge in [-0.2, -0.15) is 0 Å². The third-order valence-corrected chi connectivity index (χ3v) is 7.19. The first-order valence-electron chi connectivity index (χ1n) is 11.3. The lowest BCUT2D eigenvalue weighted by atomic mass is 9.98. The van der Waals surface area contributed by atoms with Crippen LogP contribution in [0.3, 0.4) is 0 Å². The highest BCUT2D eigenvalue weighted by molar-refractivity contribution is 7.17. The molecule has 2 aromatic carbocycles. The van der Waals surface area contributed by atoms with Gasteiger partial charge in [0.25, 0.3) is 0 Å². The Hall–Kier alpha value is -3.48. The molecule has 0 fully saturated rings. The van der Waals surface area contributed by atoms with E-state index in [0.717, 1.165) is 58.2 Å². The lowest BCUT2D eigenvalue weighted by molar-refractivity contribution is 0.0702. The van der Waals surface area contributed by atoms with Gasteiger partial charge in [0.05, 0.1) is 16.3 Å². The maximum atomic E-state index is 11.3. The van der Waals surface area contributed by atoms with Crippen molar-refractivity contribution in [2.75, 3.05) is 13.6 Å². The quantitative estimate of drug-likeness (QED) is 0.372. The second-order valence-corrected chi connectivity index (χ2v) is 9.84. The van der Waals surface area contributed by atoms with E-state index in [2.05, 4.69) is 43.1 Å². The van der Waals surface area contributed by atoms with Gasteiger partial charge in [-0.05, 0) is 73.5 Å². The van der Waals surface area contributed by atoms with E-state index < -0.39 is 5.97 Å². The zero-order chi connectivity index (χ0) is 23.7. The van der Waals surface area contributed by atoms with Gasteiger partial charge in [-0.25, -0.2) is 9.78 Å². The number of pyridine rings is 1. The Bertz CT molecular complexity index is 1360. The van der Waals surface area contributed by atoms with Crippen molar-refractivity contribution in [1.29, 1.82) is 0 Å². The molecule has 3 heterocycles. The molecule has 0 amide bonds. The molecule has 0 saturated carbocycles. The van der Waals surface area contributed by atoms with Crippen molar-refractivity contribution in [1.82, 2.24) is 9.88 Å². The number of aromatic carboxylic acids is 1. The topological polar surface area (TPSA) is 62.7 Å². The average Bonchev–Trinajstić information content (AvgIpc) is 3.34. The first kappa shape index (κ1) is 22.3. The van der Waals surface area contributed by atoms with Gasteiger partial charge in [0.15, 0.2) is 0 Å². The number of hydrogen-bond acceptors (Lipinski definition) is 5. The SMILES string of the molecule is Cc1ccc(OCc2ccc3c(c2)CCN(C)C3)c(-c2cccc(-c3ccc(C(=O)O)s3)n2)c1. The number of carboxylic acids is 1. The number of aromatic nitrogens is 1. The van der Waals surface area contributed by atoms with Crippen LogP contribution < -0.4 is 4.74 Å². The highest BCUT2D eigenvalue weighted by atomic mass is 32.1. The maximum absolute atomic E-state index is 11.3. The van der Waals surface area contributed by atoms with Gasteiger partial charge in [-0.15, -0.1) is 11.3 Å². The van der Waals surface area contributed by atoms with Crippen molar-refractivity contribution in [2.24, 2.45) is 0 Å². The number of nitrogens with zero attached hydrogens (tertiary/aromatic N) is 2. The molecule has 1 aliphatic heterocycles. The molecule has 0 radical (unpaired) electrons. The van der Waals surface area contributed by atoms with Crippen molar-refractivity contribution in [3.63, 3.8) is 0 Å². The van der Waals surface area contributed by atoms with E-state index in [9.17, 15) is 9.90 Å². The number of carboxylic acid groups (broad SMARTS) is 1. The molecule has 0 spiro atoms. The summed E-state index contributed by atoms with van der Waals surface area (Å²) in [7, 11) is 2.16. The molecule has 0 atom stereocenters. The summed E-state index contributed by atoms with van der Waals surface area (Å²) in [6.07, 6.45) is 1.07. The summed E-state index contributed by atoms with van der Waals surface area (Å²) in [6, 6.07) is 22.0. The number of benzene rings is 2. The van der Waals surface area contributed by atoms with Gasteiger partial charge in [0.1, 0.15) is 17.2 Å². The zero-order valence-electron chi connectivity index (χ0n) is 19.2. The molecule has 0 saturated heterocycles. The number of ether oxygens (including phenoxy) is 1. The molecule has 6 heteroatoms. The molecule has 1 N–H and O–H groups in total. The van der Waals surface area contributed by atoms with Crippen LogP contribution in [-0.2, 0) is 19.6 Å². The van der Waals surface area contributed by atoms with Crippen LogP contribution in [0.25, 0.3) is 21.8 Å². The third-order valence-electron chi connectivity index (χ3n) is 6.10. The summed E-state index contributed by atoms with van der Waals surface area (Å²) in [5, 5.41) is 9.25. The number of fused-ring (bicyclic) bond motifs is 1. The van der Waals surface area contributed by atoms with Crippen LogP contribution in [0.2, 0.25) is 0 Å². The van der Waals surface area contributed by atoms with Gasteiger partial charge in [0, 0.05) is 18.7 Å². The van der Waals surface area contributed by atoms with E-state index in [1.54, 1.807) is 6.07 Å². The van der Waals surface area contributed by atoms with Crippen LogP contribution in [0.15, 0.2) is 66.7 Å². The number of rotatable bonds is 6. The minimum Gasteiger partial charge on any atom is -0.488 e. The fourth-order valence-electron chi connectivity index (χ4n) is 4.28. The summed E-state index contributed by atoms with van der Waals surface area (Å²) in [5.74, 6) is -0.138. The smallest absolute Gasteiger partial charge is 0.345 e. The summed E-state index contributed by atoms with van der Waals surface area (Å²) in [6.45, 7) is 4.63. The zero-order valence-corrected chi connectivity index (χ0v) is 20.1. The Balaban J connectivity index is 1.41. The van der Waals surface area contributed by atoms with Gasteiger partial charge in [0.2, 0.25) is 0 Å². The first-order chi connectivity index (χ1) is 16.5. The predicted molar refractivity (Wildman–Crippen MR) is 135 cm³/mol. The Morgan fingerprint density at radius 2 is 1.91 bits per heavy atom. The Kier molecular flexibility index (Phi) is 6.18. The Morgan fingerprint density at radius 1 is 1.06 bits per heavy atom. The lowest BCUT2D eigenvalue weighted by Crippen LogP contribution is -2.26. The average molecular weight is 471 g/mol. The monoisotopic (exact) mass is 470 g/mol. The molecule has 2 aromatic heterocycles. The van der Waals surface area contributed by atoms with E-state index >= 15 is 0 Å². The normalized spacial score (nSPS) is 13.5. The summed E-state index contributed by atoms with van der Waals surface area (Å²) >= 11 is 1.23. The molecular weight excluding hydrogens is 444 g/mol. The molecule has 5 nitrogen and oxygen atoms in total. The van der Waals surface area contributed by atoms with Gasteiger partial charge < -0.3 is 14.7 Å². The molecule has 4 aromatic rings. The molecular formula is C28H26N2O3S. The van der Waals surface area contributed by atoms with Crippen LogP contribution in [-0.4, -0.2) is 34.6 Å². The van der Waals surface area contributed by atoms with Crippen molar-refractivity contribution in [3.8, 4) is 27.6 Å². The van der Waals surface area contributed by atoms with Crippen molar-refractivity contribution < 1.29 is 14.6 Å². The predicted octanol–water partition coefficient (Wildman–Crippen LogP) is 6.05. The van der Waals surface area contributed by atoms with Crippen LogP contribution in [0.1, 0.15) is 31.9 Å². The standard InChI is InChI=1S/C28H26N2O3S/c1-18-6-9-25(33-17-19-7-8-21-16-30(2)13-12-20(21)15-19)22(14-18)23-4-3-5-24(29-23)26-10-11-27(34-26)28(31)32/h3-11,14-15H,12-13,16-17H2,1-2H3,(H,31,32). The van der Waals surface area contributed by atoms with E-state index in [4.69, 9.17) is 9.72 Å². The van der Waals surface area contributed by atoms with E-state index in [-0.39, 0.29) is 0 Å². The van der Waals surface area contributed by atoms with Gasteiger partial charge in [-0.3, -0.25) is 0 Å². The number of aryl methyl sites for hydroxylation is 1. The number of carbonyl (C=O) groups is 1. The summed E-state index contributed by atoms with van der Waals surface area (Å²) in [4.78, 5) is 19.6. The summed E-state index contributed by atoms with van der Waals surface area (Å²) < 4.78 is 6.30. The van der Waals surface area contributed by atoms with Crippen molar-refractivity contribution in [3.05, 3.63) is 93.9 Å². The van der Waals surface area contributed by atoms with Crippen molar-refractivity contribution in [2.45, 2.75) is 26.5 Å². The van der Waals surface area contributed by atoms with E-state index in [1.807, 2.05) is 36.4 Å². The molecule has 1 aliphatic rings. The second kappa shape index (κ2) is 9.41. The third kappa shape index (κ3) is 4.74. The minimum absolute atomic E-state index is 0.304. The molecule has 34 heavy (non-hydrogen) atoms. The fraction of sp³-hybridized carbons (Fsp3) is 0.214. The molecule has 0 unspecified atom stereocenters. The van der Waals surface area contributed by atoms with Crippen LogP contribution in [0.4, 0.5) is 0 Å². The summed E-state index contributed by atoms with van der Waals surface area (Å²) in [5.41, 5.74) is 7.57. The first-order valence-corrected chi connectivity index (χ1v) is 12.1. The maximum Gasteiger partial charge on any atom is 0.345 e. The highest BCUT2D eigenvalue weighted by Crippen LogP contribution is 2.34. The Morgan fingerprint density at radius 3 is 2.74 bits per heavy atom. The van der Waals surface area contributed by atoms with Crippen molar-refractivity contribution >= 4 is 17.3 Å². The lowest BCUT2D eigenvalue weighted by Gasteiger charge is -2.25. The highest BCUT2D eigenvalue weighted by Gasteiger charge is 2.15. The second-order valence-electron chi connectivity index (χ2n) is 8.76. The molecule has 5 rings (SSSR count). The fourth-order valence-corrected chi connectivity index (χ4v) is 5.10. The molecule has 172 valence electrons. The number of likely N-dealkylation sites (N-methyl/N-ethyl adjacent to an activating group) is 1. The number of hydrogen-bond donors (Lipinski definition) is 1. The number of thiophene rings is 1. The van der Waals surface area contributed by atoms with Crippen LogP contribution >= 0.6 is 11.3 Å². The van der Waals surface area contributed by atoms with Crippen LogP contribution in [0.5, 0.6) is 5.75 Å².